The monoisotopic (exact) mass is 466 g/mol. The second-order valence-corrected chi connectivity index (χ2v) is 7.62. The molecule has 0 N–H and O–H groups in total. The Balaban J connectivity index is 1.92. The SMILES string of the molecule is COCCN1C(=O)C(C#N)=C(C)/C(=C\c2ccc(OCc3ccccc3Cl)c(OC)c2)C1=O. The first kappa shape index (κ1) is 24.1. The maximum atomic E-state index is 13.0. The number of amides is 2. The minimum absolute atomic E-state index is 0.0576. The Morgan fingerprint density at radius 3 is 2.52 bits per heavy atom. The maximum absolute atomic E-state index is 13.0. The van der Waals surface area contributed by atoms with Gasteiger partial charge >= 0.3 is 0 Å². The largest absolute Gasteiger partial charge is 0.493 e. The van der Waals surface area contributed by atoms with Crippen LogP contribution in [0.4, 0.5) is 0 Å². The van der Waals surface area contributed by atoms with Crippen molar-refractivity contribution >= 4 is 29.5 Å². The van der Waals surface area contributed by atoms with E-state index in [2.05, 4.69) is 0 Å². The third kappa shape index (κ3) is 5.25. The van der Waals surface area contributed by atoms with Gasteiger partial charge in [0.1, 0.15) is 18.2 Å². The highest BCUT2D eigenvalue weighted by molar-refractivity contribution is 6.31. The summed E-state index contributed by atoms with van der Waals surface area (Å²) in [6, 6.07) is 14.5. The van der Waals surface area contributed by atoms with E-state index in [0.29, 0.717) is 27.7 Å². The molecule has 0 unspecified atom stereocenters. The maximum Gasteiger partial charge on any atom is 0.271 e. The summed E-state index contributed by atoms with van der Waals surface area (Å²) >= 11 is 6.19. The van der Waals surface area contributed by atoms with Gasteiger partial charge in [-0.3, -0.25) is 14.5 Å². The number of hydrogen-bond acceptors (Lipinski definition) is 6. The molecule has 0 spiro atoms. The molecule has 0 bridgehead atoms. The molecule has 0 radical (unpaired) electrons. The van der Waals surface area contributed by atoms with Gasteiger partial charge in [0.25, 0.3) is 11.8 Å². The molecule has 2 aromatic rings. The summed E-state index contributed by atoms with van der Waals surface area (Å²) in [4.78, 5) is 26.6. The number of nitriles is 1. The lowest BCUT2D eigenvalue weighted by Crippen LogP contribution is -2.44. The number of carbonyl (C=O) groups is 2. The number of rotatable bonds is 8. The van der Waals surface area contributed by atoms with Crippen LogP contribution >= 0.6 is 11.6 Å². The molecule has 0 fully saturated rings. The third-order valence-electron chi connectivity index (χ3n) is 5.18. The molecule has 2 aromatic carbocycles. The number of imide groups is 1. The third-order valence-corrected chi connectivity index (χ3v) is 5.55. The molecule has 0 aromatic heterocycles. The second kappa shape index (κ2) is 10.8. The normalized spacial score (nSPS) is 15.1. The molecule has 170 valence electrons. The highest BCUT2D eigenvalue weighted by Gasteiger charge is 2.35. The van der Waals surface area contributed by atoms with Gasteiger partial charge in [-0.1, -0.05) is 35.9 Å². The van der Waals surface area contributed by atoms with E-state index >= 15 is 0 Å². The van der Waals surface area contributed by atoms with Crippen LogP contribution in [-0.2, 0) is 20.9 Å². The van der Waals surface area contributed by atoms with Crippen molar-refractivity contribution in [2.45, 2.75) is 13.5 Å². The fourth-order valence-electron chi connectivity index (χ4n) is 3.35. The molecule has 0 aliphatic carbocycles. The van der Waals surface area contributed by atoms with Crippen molar-refractivity contribution in [3.8, 4) is 17.6 Å². The molecule has 8 heteroatoms. The van der Waals surface area contributed by atoms with Gasteiger partial charge in [0, 0.05) is 23.3 Å². The lowest BCUT2D eigenvalue weighted by molar-refractivity contribution is -0.141. The van der Waals surface area contributed by atoms with Gasteiger partial charge in [0.15, 0.2) is 11.5 Å². The van der Waals surface area contributed by atoms with Crippen LogP contribution < -0.4 is 9.47 Å². The van der Waals surface area contributed by atoms with Gasteiger partial charge in [0.2, 0.25) is 0 Å². The summed E-state index contributed by atoms with van der Waals surface area (Å²) in [5, 5.41) is 10.1. The summed E-state index contributed by atoms with van der Waals surface area (Å²) in [6.45, 7) is 2.08. The van der Waals surface area contributed by atoms with Crippen LogP contribution in [0.25, 0.3) is 6.08 Å². The number of nitrogens with zero attached hydrogens (tertiary/aromatic N) is 2. The lowest BCUT2D eigenvalue weighted by atomic mass is 9.93. The highest BCUT2D eigenvalue weighted by atomic mass is 35.5. The van der Waals surface area contributed by atoms with E-state index in [1.807, 2.05) is 24.3 Å². The Bertz CT molecular complexity index is 1180. The van der Waals surface area contributed by atoms with E-state index < -0.39 is 11.8 Å². The standard InChI is InChI=1S/C25H23ClN2O5/c1-16-19(24(29)28(10-11-31-2)25(30)20(16)14-27)12-17-8-9-22(23(13-17)32-3)33-15-18-6-4-5-7-21(18)26/h4-9,12-13H,10-11,15H2,1-3H3/b19-12+. The highest BCUT2D eigenvalue weighted by Crippen LogP contribution is 2.32. The van der Waals surface area contributed by atoms with Crippen LogP contribution in [0.15, 0.2) is 59.2 Å². The van der Waals surface area contributed by atoms with Crippen LogP contribution in [-0.4, -0.2) is 44.1 Å². The van der Waals surface area contributed by atoms with Crippen molar-refractivity contribution < 1.29 is 23.8 Å². The number of hydrogen-bond donors (Lipinski definition) is 0. The molecule has 0 saturated heterocycles. The molecule has 0 atom stereocenters. The van der Waals surface area contributed by atoms with Gasteiger partial charge in [-0.05, 0) is 42.3 Å². The summed E-state index contributed by atoms with van der Waals surface area (Å²) in [6.07, 6.45) is 1.63. The quantitative estimate of drug-likeness (QED) is 0.428. The lowest BCUT2D eigenvalue weighted by Gasteiger charge is -2.27. The first-order chi connectivity index (χ1) is 15.9. The van der Waals surface area contributed by atoms with E-state index in [0.717, 1.165) is 10.5 Å². The van der Waals surface area contributed by atoms with Gasteiger partial charge in [-0.15, -0.1) is 0 Å². The Morgan fingerprint density at radius 2 is 1.85 bits per heavy atom. The number of methoxy groups -OCH3 is 2. The zero-order valence-corrected chi connectivity index (χ0v) is 19.3. The average molecular weight is 467 g/mol. The molecular weight excluding hydrogens is 444 g/mol. The van der Waals surface area contributed by atoms with Gasteiger partial charge in [-0.25, -0.2) is 0 Å². The van der Waals surface area contributed by atoms with Gasteiger partial charge in [0.05, 0.1) is 20.3 Å². The van der Waals surface area contributed by atoms with E-state index in [1.54, 1.807) is 37.3 Å². The zero-order valence-electron chi connectivity index (χ0n) is 18.6. The summed E-state index contributed by atoms with van der Waals surface area (Å²) in [5.74, 6) is -0.118. The minimum Gasteiger partial charge on any atom is -0.493 e. The first-order valence-electron chi connectivity index (χ1n) is 10.1. The summed E-state index contributed by atoms with van der Waals surface area (Å²) in [5.41, 5.74) is 2.01. The Morgan fingerprint density at radius 1 is 1.09 bits per heavy atom. The van der Waals surface area contributed by atoms with Crippen molar-refractivity contribution in [2.24, 2.45) is 0 Å². The average Bonchev–Trinajstić information content (AvgIpc) is 2.82. The van der Waals surface area contributed by atoms with Crippen molar-refractivity contribution in [3.05, 3.63) is 75.3 Å². The molecule has 1 heterocycles. The molecule has 1 aliphatic rings. The molecular formula is C25H23ClN2O5. The predicted molar refractivity (Wildman–Crippen MR) is 124 cm³/mol. The second-order valence-electron chi connectivity index (χ2n) is 7.21. The molecule has 7 nitrogen and oxygen atoms in total. The van der Waals surface area contributed by atoms with Crippen molar-refractivity contribution in [1.29, 1.82) is 5.26 Å². The number of carbonyl (C=O) groups excluding carboxylic acids is 2. The first-order valence-corrected chi connectivity index (χ1v) is 10.5. The van der Waals surface area contributed by atoms with Crippen LogP contribution in [0.3, 0.4) is 0 Å². The summed E-state index contributed by atoms with van der Waals surface area (Å²) in [7, 11) is 2.99. The molecule has 33 heavy (non-hydrogen) atoms. The number of halogens is 1. The van der Waals surface area contributed by atoms with Crippen molar-refractivity contribution in [3.63, 3.8) is 0 Å². The van der Waals surface area contributed by atoms with Crippen LogP contribution in [0, 0.1) is 11.3 Å². The topological polar surface area (TPSA) is 88.9 Å². The Hall–Kier alpha value is -3.60. The number of ether oxygens (including phenoxy) is 3. The van der Waals surface area contributed by atoms with E-state index in [1.165, 1.54) is 14.2 Å². The minimum atomic E-state index is -0.616. The van der Waals surface area contributed by atoms with Gasteiger partial charge in [-0.2, -0.15) is 5.26 Å². The predicted octanol–water partition coefficient (Wildman–Crippen LogP) is 4.17. The van der Waals surface area contributed by atoms with Crippen LogP contribution in [0.1, 0.15) is 18.1 Å². The van der Waals surface area contributed by atoms with E-state index in [9.17, 15) is 14.9 Å². The molecule has 3 rings (SSSR count). The molecule has 2 amide bonds. The van der Waals surface area contributed by atoms with Crippen LogP contribution in [0.2, 0.25) is 5.02 Å². The van der Waals surface area contributed by atoms with Crippen molar-refractivity contribution in [1.82, 2.24) is 4.90 Å². The fraction of sp³-hybridized carbons (Fsp3) is 0.240. The van der Waals surface area contributed by atoms with Crippen LogP contribution in [0.5, 0.6) is 11.5 Å². The van der Waals surface area contributed by atoms with Gasteiger partial charge < -0.3 is 14.2 Å². The Kier molecular flexibility index (Phi) is 7.88. The number of benzene rings is 2. The fourth-order valence-corrected chi connectivity index (χ4v) is 3.54. The molecule has 0 saturated carbocycles. The molecule has 1 aliphatic heterocycles. The Labute approximate surface area is 197 Å². The smallest absolute Gasteiger partial charge is 0.271 e. The zero-order chi connectivity index (χ0) is 24.0. The van der Waals surface area contributed by atoms with E-state index in [4.69, 9.17) is 25.8 Å². The van der Waals surface area contributed by atoms with Crippen molar-refractivity contribution in [2.75, 3.05) is 27.4 Å². The van der Waals surface area contributed by atoms with E-state index in [-0.39, 0.29) is 30.9 Å². The summed E-state index contributed by atoms with van der Waals surface area (Å²) < 4.78 is 16.3.